The summed E-state index contributed by atoms with van der Waals surface area (Å²) >= 11 is 0. The Bertz CT molecular complexity index is 1700. The fourth-order valence-corrected chi connectivity index (χ4v) is 5.87. The lowest BCUT2D eigenvalue weighted by molar-refractivity contribution is -0.0595. The molecule has 4 aromatic rings. The lowest BCUT2D eigenvalue weighted by atomic mass is 10.1. The maximum Gasteiger partial charge on any atom is 0.335 e. The summed E-state index contributed by atoms with van der Waals surface area (Å²) in [5.74, 6) is 0.644. The van der Waals surface area contributed by atoms with Crippen molar-refractivity contribution in [1.29, 1.82) is 5.26 Å². The highest BCUT2D eigenvalue weighted by atomic mass is 19.1. The van der Waals surface area contributed by atoms with Gasteiger partial charge in [-0.3, -0.25) is 4.90 Å². The quantitative estimate of drug-likeness (QED) is 0.297. The van der Waals surface area contributed by atoms with E-state index >= 15 is 0 Å². The van der Waals surface area contributed by atoms with E-state index in [2.05, 4.69) is 33.2 Å². The Kier molecular flexibility index (Phi) is 7.97. The van der Waals surface area contributed by atoms with Crippen molar-refractivity contribution in [2.24, 2.45) is 0 Å². The fraction of sp³-hybridized carbons (Fsp3) is 0.375. The molecule has 0 spiro atoms. The van der Waals surface area contributed by atoms with Gasteiger partial charge in [-0.2, -0.15) is 10.2 Å². The molecule has 10 nitrogen and oxygen atoms in total. The highest BCUT2D eigenvalue weighted by Crippen LogP contribution is 2.31. The van der Waals surface area contributed by atoms with Crippen molar-refractivity contribution in [2.75, 3.05) is 31.1 Å². The topological polar surface area (TPSA) is 117 Å². The van der Waals surface area contributed by atoms with Gasteiger partial charge < -0.3 is 24.0 Å². The first-order valence-electron chi connectivity index (χ1n) is 14.4. The minimum Gasteiger partial charge on any atom is -0.478 e. The van der Waals surface area contributed by atoms with Crippen LogP contribution in [0, 0.1) is 17.1 Å². The average Bonchev–Trinajstić information content (AvgIpc) is 3.35. The number of carbonyl (C=O) groups is 1. The fourth-order valence-electron chi connectivity index (χ4n) is 5.87. The van der Waals surface area contributed by atoms with Gasteiger partial charge in [0.25, 0.3) is 0 Å². The molecule has 11 heteroatoms. The predicted molar refractivity (Wildman–Crippen MR) is 158 cm³/mol. The Balaban J connectivity index is 1.16. The van der Waals surface area contributed by atoms with Crippen molar-refractivity contribution in [3.63, 3.8) is 0 Å². The second-order valence-corrected chi connectivity index (χ2v) is 11.1. The summed E-state index contributed by atoms with van der Waals surface area (Å²) < 4.78 is 28.0. The number of pyridine rings is 1. The lowest BCUT2D eigenvalue weighted by Gasteiger charge is -2.43. The minimum atomic E-state index is -0.960. The molecule has 2 aromatic heterocycles. The van der Waals surface area contributed by atoms with Gasteiger partial charge in [-0.05, 0) is 56.7 Å². The second-order valence-electron chi connectivity index (χ2n) is 11.1. The van der Waals surface area contributed by atoms with Gasteiger partial charge in [-0.1, -0.05) is 12.1 Å². The number of aromatic carboxylic acids is 1. The van der Waals surface area contributed by atoms with Crippen molar-refractivity contribution >= 4 is 22.8 Å². The SMILES string of the molecule is CC(c1nc2ccc(C(=O)O)cc2n1C[C@@H]1CCO1)N1CCN(c2cccc(OCc3ccc(C#N)cc3F)n2)C[C@@H]1C. The largest absolute Gasteiger partial charge is 0.478 e. The van der Waals surface area contributed by atoms with Crippen molar-refractivity contribution in [3.8, 4) is 11.9 Å². The van der Waals surface area contributed by atoms with Crippen LogP contribution < -0.4 is 9.64 Å². The van der Waals surface area contributed by atoms with E-state index in [4.69, 9.17) is 19.7 Å². The Morgan fingerprint density at radius 1 is 1.21 bits per heavy atom. The van der Waals surface area contributed by atoms with Gasteiger partial charge in [0.2, 0.25) is 5.88 Å². The third-order valence-electron chi connectivity index (χ3n) is 8.34. The number of imidazole rings is 1. The molecule has 0 saturated carbocycles. The third-order valence-corrected chi connectivity index (χ3v) is 8.34. The Morgan fingerprint density at radius 2 is 2.05 bits per heavy atom. The van der Waals surface area contributed by atoms with Gasteiger partial charge in [-0.25, -0.2) is 14.2 Å². The third kappa shape index (κ3) is 5.89. The zero-order valence-corrected chi connectivity index (χ0v) is 24.1. The summed E-state index contributed by atoms with van der Waals surface area (Å²) in [6, 6.07) is 17.1. The highest BCUT2D eigenvalue weighted by molar-refractivity contribution is 5.92. The van der Waals surface area contributed by atoms with Gasteiger partial charge >= 0.3 is 5.97 Å². The predicted octanol–water partition coefficient (Wildman–Crippen LogP) is 4.78. The highest BCUT2D eigenvalue weighted by Gasteiger charge is 2.32. The number of halogens is 1. The van der Waals surface area contributed by atoms with Crippen molar-refractivity contribution < 1.29 is 23.8 Å². The number of fused-ring (bicyclic) bond motifs is 1. The van der Waals surface area contributed by atoms with Crippen LogP contribution in [0.2, 0.25) is 0 Å². The molecule has 222 valence electrons. The first kappa shape index (κ1) is 28.6. The molecule has 43 heavy (non-hydrogen) atoms. The van der Waals surface area contributed by atoms with Crippen LogP contribution in [0.3, 0.4) is 0 Å². The van der Waals surface area contributed by atoms with Crippen LogP contribution in [0.5, 0.6) is 5.88 Å². The van der Waals surface area contributed by atoms with Gasteiger partial charge in [-0.15, -0.1) is 0 Å². The Hall–Kier alpha value is -4.53. The molecule has 0 aliphatic carbocycles. The molecular weight excluding hydrogens is 551 g/mol. The van der Waals surface area contributed by atoms with Gasteiger partial charge in [0, 0.05) is 43.9 Å². The number of nitrogens with zero attached hydrogens (tertiary/aromatic N) is 6. The number of carboxylic acid groups (broad SMARTS) is 1. The molecule has 2 aliphatic rings. The molecule has 2 saturated heterocycles. The van der Waals surface area contributed by atoms with Gasteiger partial charge in [0.15, 0.2) is 0 Å². The zero-order chi connectivity index (χ0) is 30.1. The van der Waals surface area contributed by atoms with E-state index in [1.807, 2.05) is 18.2 Å². The average molecular weight is 585 g/mol. The standard InChI is InChI=1S/C32H33FN6O4/c1-20-17-37(29-4-3-5-30(36-29)43-19-24-7-6-22(16-34)14-26(24)33)11-12-38(20)21(2)31-35-27-9-8-23(32(40)41)15-28(27)39(31)18-25-10-13-42-25/h3-9,14-15,20-21,25H,10-13,17-19H2,1-2H3,(H,40,41)/t20-,21?,25-/m0/s1. The molecule has 4 heterocycles. The summed E-state index contributed by atoms with van der Waals surface area (Å²) in [7, 11) is 0. The van der Waals surface area contributed by atoms with Crippen LogP contribution in [0.1, 0.15) is 53.6 Å². The zero-order valence-electron chi connectivity index (χ0n) is 24.1. The summed E-state index contributed by atoms with van der Waals surface area (Å²) in [5, 5.41) is 18.5. The molecule has 0 radical (unpaired) electrons. The monoisotopic (exact) mass is 584 g/mol. The number of benzene rings is 2. The molecule has 1 unspecified atom stereocenters. The minimum absolute atomic E-state index is 0.0105. The molecule has 2 aromatic carbocycles. The van der Waals surface area contributed by atoms with Crippen LogP contribution in [-0.4, -0.2) is 68.9 Å². The van der Waals surface area contributed by atoms with Crippen molar-refractivity contribution in [2.45, 2.75) is 51.6 Å². The Labute approximate surface area is 248 Å². The number of hydrogen-bond donors (Lipinski definition) is 1. The van der Waals surface area contributed by atoms with E-state index < -0.39 is 11.8 Å². The van der Waals surface area contributed by atoms with Crippen LogP contribution in [0.15, 0.2) is 54.6 Å². The lowest BCUT2D eigenvalue weighted by Crippen LogP contribution is -2.53. The number of anilines is 1. The maximum absolute atomic E-state index is 14.3. The normalized spacial score (nSPS) is 19.5. The van der Waals surface area contributed by atoms with E-state index in [1.54, 1.807) is 36.4 Å². The number of hydrogen-bond acceptors (Lipinski definition) is 8. The molecule has 2 aliphatic heterocycles. The summed E-state index contributed by atoms with van der Waals surface area (Å²) in [6.45, 7) is 7.97. The Morgan fingerprint density at radius 3 is 2.74 bits per heavy atom. The molecule has 0 amide bonds. The van der Waals surface area contributed by atoms with Crippen LogP contribution in [0.4, 0.5) is 10.2 Å². The molecule has 6 rings (SSSR count). The number of carboxylic acids is 1. The first-order valence-corrected chi connectivity index (χ1v) is 14.4. The van der Waals surface area contributed by atoms with Crippen LogP contribution in [-0.2, 0) is 17.9 Å². The molecule has 3 atom stereocenters. The number of aromatic nitrogens is 3. The number of rotatable bonds is 9. The first-order chi connectivity index (χ1) is 20.8. The summed E-state index contributed by atoms with van der Waals surface area (Å²) in [5.41, 5.74) is 2.45. The number of ether oxygens (including phenoxy) is 2. The molecule has 2 fully saturated rings. The number of nitriles is 1. The van der Waals surface area contributed by atoms with E-state index in [1.165, 1.54) is 6.07 Å². The van der Waals surface area contributed by atoms with Gasteiger partial charge in [0.05, 0.1) is 46.9 Å². The van der Waals surface area contributed by atoms with E-state index in [0.29, 0.717) is 18.0 Å². The second kappa shape index (κ2) is 12.0. The molecular formula is C32H33FN6O4. The van der Waals surface area contributed by atoms with Crippen LogP contribution >= 0.6 is 0 Å². The molecule has 0 bridgehead atoms. The molecule has 1 N–H and O–H groups in total. The van der Waals surface area contributed by atoms with E-state index in [9.17, 15) is 14.3 Å². The van der Waals surface area contributed by atoms with Crippen molar-refractivity contribution in [3.05, 3.63) is 82.9 Å². The smallest absolute Gasteiger partial charge is 0.335 e. The van der Waals surface area contributed by atoms with E-state index in [-0.39, 0.29) is 35.9 Å². The van der Waals surface area contributed by atoms with Crippen molar-refractivity contribution in [1.82, 2.24) is 19.4 Å². The van der Waals surface area contributed by atoms with Gasteiger partial charge in [0.1, 0.15) is 24.1 Å². The summed E-state index contributed by atoms with van der Waals surface area (Å²) in [6.07, 6.45) is 1.07. The maximum atomic E-state index is 14.3. The van der Waals surface area contributed by atoms with E-state index in [0.717, 1.165) is 55.3 Å². The summed E-state index contributed by atoms with van der Waals surface area (Å²) in [4.78, 5) is 26.0. The van der Waals surface area contributed by atoms with Crippen LogP contribution in [0.25, 0.3) is 11.0 Å². The number of piperazine rings is 1.